The number of aryl methyl sites for hydroxylation is 1. The molecule has 0 radical (unpaired) electrons. The van der Waals surface area contributed by atoms with Crippen LogP contribution in [0.3, 0.4) is 0 Å². The number of hydrogen-bond acceptors (Lipinski definition) is 5. The highest BCUT2D eigenvalue weighted by Crippen LogP contribution is 2.35. The summed E-state index contributed by atoms with van der Waals surface area (Å²) in [4.78, 5) is 16.1. The van der Waals surface area contributed by atoms with Gasteiger partial charge in [-0.05, 0) is 61.7 Å². The number of rotatable bonds is 5. The van der Waals surface area contributed by atoms with Crippen molar-refractivity contribution in [3.8, 4) is 11.4 Å². The Morgan fingerprint density at radius 2 is 2.11 bits per heavy atom. The van der Waals surface area contributed by atoms with Crippen LogP contribution in [-0.4, -0.2) is 57.2 Å². The molecule has 7 nitrogen and oxygen atoms in total. The predicted octanol–water partition coefficient (Wildman–Crippen LogP) is 1.86. The van der Waals surface area contributed by atoms with Crippen LogP contribution in [0.4, 0.5) is 4.39 Å². The van der Waals surface area contributed by atoms with E-state index in [1.54, 1.807) is 12.1 Å². The van der Waals surface area contributed by atoms with Crippen LogP contribution in [0.5, 0.6) is 0 Å². The van der Waals surface area contributed by atoms with Crippen LogP contribution < -0.4 is 5.32 Å². The molecule has 2 fully saturated rings. The molecule has 0 bridgehead atoms. The lowest BCUT2D eigenvalue weighted by Gasteiger charge is -2.40. The van der Waals surface area contributed by atoms with E-state index in [-0.39, 0.29) is 11.7 Å². The van der Waals surface area contributed by atoms with E-state index < -0.39 is 0 Å². The minimum atomic E-state index is -0.294. The van der Waals surface area contributed by atoms with E-state index >= 15 is 0 Å². The van der Waals surface area contributed by atoms with Gasteiger partial charge in [-0.3, -0.25) is 4.79 Å². The van der Waals surface area contributed by atoms with Crippen LogP contribution in [0.25, 0.3) is 11.4 Å². The summed E-state index contributed by atoms with van der Waals surface area (Å²) in [5.74, 6) is 0.394. The Kier molecular flexibility index (Phi) is 5.15. The molecule has 2 aliphatic rings. The molecule has 0 saturated carbocycles. The van der Waals surface area contributed by atoms with Gasteiger partial charge in [-0.1, -0.05) is 0 Å². The molecule has 1 aromatic heterocycles. The molecule has 1 atom stereocenters. The number of tetrazole rings is 1. The number of nitrogens with one attached hydrogen (secondary N) is 1. The normalized spacial score (nSPS) is 22.5. The lowest BCUT2D eigenvalue weighted by atomic mass is 9.79. The molecule has 2 saturated heterocycles. The third-order valence-corrected chi connectivity index (χ3v) is 5.65. The minimum Gasteiger partial charge on any atom is -0.342 e. The minimum absolute atomic E-state index is 0.222. The van der Waals surface area contributed by atoms with E-state index in [1.165, 1.54) is 29.8 Å². The maximum absolute atomic E-state index is 13.0. The van der Waals surface area contributed by atoms with Crippen LogP contribution in [0.15, 0.2) is 24.3 Å². The molecule has 4 rings (SSSR count). The van der Waals surface area contributed by atoms with Crippen LogP contribution in [0, 0.1) is 11.2 Å². The summed E-state index contributed by atoms with van der Waals surface area (Å²) in [6.07, 6.45) is 4.67. The number of carbonyl (C=O) groups is 1. The van der Waals surface area contributed by atoms with Crippen molar-refractivity contribution in [1.29, 1.82) is 0 Å². The Hall–Kier alpha value is -2.35. The van der Waals surface area contributed by atoms with Gasteiger partial charge in [0, 0.05) is 37.0 Å². The third kappa shape index (κ3) is 4.16. The first-order valence-corrected chi connectivity index (χ1v) is 9.66. The van der Waals surface area contributed by atoms with Crippen LogP contribution in [0.1, 0.15) is 32.1 Å². The van der Waals surface area contributed by atoms with Gasteiger partial charge in [-0.15, -0.1) is 10.2 Å². The molecule has 2 aliphatic heterocycles. The SMILES string of the molecule is O=C(CCCn1nnc(-c2ccc(F)cc2)n1)N1CCCC2(CCNC2)C1. The maximum Gasteiger partial charge on any atom is 0.222 e. The summed E-state index contributed by atoms with van der Waals surface area (Å²) in [5.41, 5.74) is 1.02. The highest BCUT2D eigenvalue weighted by atomic mass is 19.1. The fourth-order valence-electron chi connectivity index (χ4n) is 4.15. The Morgan fingerprint density at radius 1 is 1.26 bits per heavy atom. The Balaban J connectivity index is 1.27. The second kappa shape index (κ2) is 7.72. The molecular weight excluding hydrogens is 347 g/mol. The number of amides is 1. The number of piperidine rings is 1. The first-order valence-electron chi connectivity index (χ1n) is 9.66. The summed E-state index contributed by atoms with van der Waals surface area (Å²) < 4.78 is 13.0. The zero-order chi connectivity index (χ0) is 18.7. The molecule has 3 heterocycles. The predicted molar refractivity (Wildman–Crippen MR) is 98.2 cm³/mol. The number of likely N-dealkylation sites (tertiary alicyclic amines) is 1. The first kappa shape index (κ1) is 18.0. The molecule has 144 valence electrons. The van der Waals surface area contributed by atoms with E-state index in [0.29, 0.717) is 30.6 Å². The summed E-state index contributed by atoms with van der Waals surface area (Å²) in [5, 5.41) is 15.8. The van der Waals surface area contributed by atoms with Gasteiger partial charge >= 0.3 is 0 Å². The van der Waals surface area contributed by atoms with Gasteiger partial charge < -0.3 is 10.2 Å². The topological polar surface area (TPSA) is 75.9 Å². The van der Waals surface area contributed by atoms with Crippen molar-refractivity contribution in [2.45, 2.75) is 38.6 Å². The molecule has 1 N–H and O–H groups in total. The zero-order valence-electron chi connectivity index (χ0n) is 15.4. The Bertz CT molecular complexity index is 784. The second-order valence-electron chi connectivity index (χ2n) is 7.67. The van der Waals surface area contributed by atoms with Crippen molar-refractivity contribution in [3.63, 3.8) is 0 Å². The smallest absolute Gasteiger partial charge is 0.222 e. The molecule has 1 aromatic carbocycles. The zero-order valence-corrected chi connectivity index (χ0v) is 15.4. The van der Waals surface area contributed by atoms with Crippen LogP contribution in [-0.2, 0) is 11.3 Å². The largest absolute Gasteiger partial charge is 0.342 e. The Labute approximate surface area is 157 Å². The van der Waals surface area contributed by atoms with E-state index in [2.05, 4.69) is 20.7 Å². The number of benzene rings is 1. The molecule has 1 unspecified atom stereocenters. The van der Waals surface area contributed by atoms with Crippen molar-refractivity contribution < 1.29 is 9.18 Å². The van der Waals surface area contributed by atoms with E-state index in [0.717, 1.165) is 38.2 Å². The number of aromatic nitrogens is 4. The molecule has 8 heteroatoms. The average molecular weight is 372 g/mol. The van der Waals surface area contributed by atoms with Gasteiger partial charge in [0.1, 0.15) is 5.82 Å². The third-order valence-electron chi connectivity index (χ3n) is 5.65. The van der Waals surface area contributed by atoms with Gasteiger partial charge in [0.15, 0.2) is 0 Å². The number of hydrogen-bond donors (Lipinski definition) is 1. The number of halogens is 1. The van der Waals surface area contributed by atoms with Gasteiger partial charge in [-0.2, -0.15) is 4.80 Å². The van der Waals surface area contributed by atoms with Crippen molar-refractivity contribution >= 4 is 5.91 Å². The van der Waals surface area contributed by atoms with Crippen molar-refractivity contribution in [2.24, 2.45) is 5.41 Å². The van der Waals surface area contributed by atoms with Crippen LogP contribution >= 0.6 is 0 Å². The van der Waals surface area contributed by atoms with Gasteiger partial charge in [0.2, 0.25) is 11.7 Å². The van der Waals surface area contributed by atoms with E-state index in [4.69, 9.17) is 0 Å². The summed E-state index contributed by atoms with van der Waals surface area (Å²) in [7, 11) is 0. The molecule has 1 amide bonds. The van der Waals surface area contributed by atoms with Crippen molar-refractivity contribution in [2.75, 3.05) is 26.2 Å². The molecular formula is C19H25FN6O. The molecule has 27 heavy (non-hydrogen) atoms. The average Bonchev–Trinajstić information content (AvgIpc) is 3.32. The van der Waals surface area contributed by atoms with Crippen molar-refractivity contribution in [1.82, 2.24) is 30.4 Å². The summed E-state index contributed by atoms with van der Waals surface area (Å²) in [6, 6.07) is 6.01. The Morgan fingerprint density at radius 3 is 2.89 bits per heavy atom. The highest BCUT2D eigenvalue weighted by molar-refractivity contribution is 5.76. The molecule has 2 aromatic rings. The fourth-order valence-corrected chi connectivity index (χ4v) is 4.15. The molecule has 1 spiro atoms. The summed E-state index contributed by atoms with van der Waals surface area (Å²) >= 11 is 0. The second-order valence-corrected chi connectivity index (χ2v) is 7.67. The van der Waals surface area contributed by atoms with E-state index in [9.17, 15) is 9.18 Å². The number of carbonyl (C=O) groups excluding carboxylic acids is 1. The van der Waals surface area contributed by atoms with Gasteiger partial charge in [0.05, 0.1) is 6.54 Å². The lowest BCUT2D eigenvalue weighted by molar-refractivity contribution is -0.134. The van der Waals surface area contributed by atoms with Crippen LogP contribution in [0.2, 0.25) is 0 Å². The van der Waals surface area contributed by atoms with Gasteiger partial charge in [0.25, 0.3) is 0 Å². The quantitative estimate of drug-likeness (QED) is 0.867. The fraction of sp³-hybridized carbons (Fsp3) is 0.579. The van der Waals surface area contributed by atoms with E-state index in [1.807, 2.05) is 4.90 Å². The number of nitrogens with zero attached hydrogens (tertiary/aromatic N) is 5. The maximum atomic E-state index is 13.0. The monoisotopic (exact) mass is 372 g/mol. The van der Waals surface area contributed by atoms with Crippen molar-refractivity contribution in [3.05, 3.63) is 30.1 Å². The standard InChI is InChI=1S/C19H25FN6O/c20-16-6-4-15(5-7-16)18-22-24-26(23-18)12-1-3-17(27)25-11-2-8-19(14-25)9-10-21-13-19/h4-7,21H,1-3,8-14H2. The summed E-state index contributed by atoms with van der Waals surface area (Å²) in [6.45, 7) is 4.40. The highest BCUT2D eigenvalue weighted by Gasteiger charge is 2.39. The lowest BCUT2D eigenvalue weighted by Crippen LogP contribution is -2.47. The first-order chi connectivity index (χ1) is 13.1. The van der Waals surface area contributed by atoms with Gasteiger partial charge in [-0.25, -0.2) is 4.39 Å². The molecule has 0 aliphatic carbocycles.